The van der Waals surface area contributed by atoms with E-state index in [0.717, 1.165) is 55.3 Å². The van der Waals surface area contributed by atoms with Gasteiger partial charge in [-0.15, -0.1) is 0 Å². The molecule has 2 aromatic rings. The SMILES string of the molecule is CSCCc1nc([C@H]2CCCNCC2)n(Cc2ccc(F)cc2)n1. The maximum absolute atomic E-state index is 13.1. The molecule has 4 nitrogen and oxygen atoms in total. The number of thioether (sulfide) groups is 1. The highest BCUT2D eigenvalue weighted by Crippen LogP contribution is 2.25. The quantitative estimate of drug-likeness (QED) is 0.870. The summed E-state index contributed by atoms with van der Waals surface area (Å²) in [5.41, 5.74) is 1.06. The van der Waals surface area contributed by atoms with Crippen molar-refractivity contribution in [2.24, 2.45) is 0 Å². The fourth-order valence-corrected chi connectivity index (χ4v) is 3.55. The first kappa shape index (κ1) is 17.4. The van der Waals surface area contributed by atoms with Gasteiger partial charge in [-0.1, -0.05) is 12.1 Å². The molecular weight excluding hydrogens is 323 g/mol. The third kappa shape index (κ3) is 4.57. The van der Waals surface area contributed by atoms with Crippen LogP contribution in [-0.2, 0) is 13.0 Å². The van der Waals surface area contributed by atoms with E-state index in [2.05, 4.69) is 11.6 Å². The summed E-state index contributed by atoms with van der Waals surface area (Å²) in [6.45, 7) is 2.78. The van der Waals surface area contributed by atoms with E-state index in [1.807, 2.05) is 28.6 Å². The summed E-state index contributed by atoms with van der Waals surface area (Å²) in [6, 6.07) is 6.68. The van der Waals surface area contributed by atoms with Gasteiger partial charge in [0.05, 0.1) is 6.54 Å². The van der Waals surface area contributed by atoms with Gasteiger partial charge < -0.3 is 5.32 Å². The van der Waals surface area contributed by atoms with Crippen molar-refractivity contribution in [3.63, 3.8) is 0 Å². The van der Waals surface area contributed by atoms with Crippen molar-refractivity contribution in [3.05, 3.63) is 47.3 Å². The molecule has 130 valence electrons. The molecule has 1 aromatic heterocycles. The standard InChI is InChI=1S/C18H25FN4S/c1-24-12-9-17-21-18(15-3-2-10-20-11-8-15)23(22-17)13-14-4-6-16(19)7-5-14/h4-7,15,20H,2-3,8-13H2,1H3/t15-/m0/s1. The molecule has 1 aromatic carbocycles. The summed E-state index contributed by atoms with van der Waals surface area (Å²) >= 11 is 1.82. The van der Waals surface area contributed by atoms with Crippen molar-refractivity contribution in [2.75, 3.05) is 25.1 Å². The predicted octanol–water partition coefficient (Wildman–Crippen LogP) is 3.23. The second-order valence-corrected chi connectivity index (χ2v) is 7.28. The molecule has 1 fully saturated rings. The largest absolute Gasteiger partial charge is 0.317 e. The summed E-state index contributed by atoms with van der Waals surface area (Å²) in [5.74, 6) is 3.31. The number of aromatic nitrogens is 3. The smallest absolute Gasteiger partial charge is 0.151 e. The first-order valence-corrected chi connectivity index (χ1v) is 10.0. The summed E-state index contributed by atoms with van der Waals surface area (Å²) in [5, 5.41) is 8.21. The van der Waals surface area contributed by atoms with Gasteiger partial charge in [0.1, 0.15) is 11.6 Å². The molecule has 2 heterocycles. The number of hydrogen-bond donors (Lipinski definition) is 1. The molecule has 0 spiro atoms. The Hall–Kier alpha value is -1.40. The highest BCUT2D eigenvalue weighted by molar-refractivity contribution is 7.98. The number of halogens is 1. The van der Waals surface area contributed by atoms with Crippen LogP contribution in [0.5, 0.6) is 0 Å². The molecule has 0 radical (unpaired) electrons. The Bertz CT molecular complexity index is 633. The molecule has 0 bridgehead atoms. The Balaban J connectivity index is 1.83. The predicted molar refractivity (Wildman–Crippen MR) is 97.1 cm³/mol. The van der Waals surface area contributed by atoms with Crippen LogP contribution < -0.4 is 5.32 Å². The summed E-state index contributed by atoms with van der Waals surface area (Å²) in [4.78, 5) is 4.86. The molecule has 1 N–H and O–H groups in total. The van der Waals surface area contributed by atoms with Crippen LogP contribution in [0.4, 0.5) is 4.39 Å². The number of rotatable bonds is 6. The lowest BCUT2D eigenvalue weighted by molar-refractivity contribution is 0.521. The Morgan fingerprint density at radius 1 is 1.25 bits per heavy atom. The number of nitrogens with zero attached hydrogens (tertiary/aromatic N) is 3. The minimum atomic E-state index is -0.201. The topological polar surface area (TPSA) is 42.7 Å². The van der Waals surface area contributed by atoms with E-state index in [4.69, 9.17) is 10.1 Å². The maximum Gasteiger partial charge on any atom is 0.151 e. The number of nitrogens with one attached hydrogen (secondary N) is 1. The zero-order chi connectivity index (χ0) is 16.8. The lowest BCUT2D eigenvalue weighted by atomic mass is 10.00. The first-order chi connectivity index (χ1) is 11.8. The average molecular weight is 348 g/mol. The molecule has 0 saturated carbocycles. The van der Waals surface area contributed by atoms with E-state index in [0.29, 0.717) is 12.5 Å². The summed E-state index contributed by atoms with van der Waals surface area (Å²) < 4.78 is 15.2. The van der Waals surface area contributed by atoms with Gasteiger partial charge in [-0.3, -0.25) is 0 Å². The molecule has 24 heavy (non-hydrogen) atoms. The molecular formula is C18H25FN4S. The molecule has 0 unspecified atom stereocenters. The van der Waals surface area contributed by atoms with Gasteiger partial charge >= 0.3 is 0 Å². The van der Waals surface area contributed by atoms with E-state index in [-0.39, 0.29) is 5.82 Å². The van der Waals surface area contributed by atoms with Gasteiger partial charge in [-0.25, -0.2) is 14.1 Å². The van der Waals surface area contributed by atoms with Crippen molar-refractivity contribution in [3.8, 4) is 0 Å². The molecule has 1 aliphatic rings. The third-order valence-corrected chi connectivity index (χ3v) is 5.07. The minimum Gasteiger partial charge on any atom is -0.317 e. The Morgan fingerprint density at radius 3 is 2.88 bits per heavy atom. The van der Waals surface area contributed by atoms with Gasteiger partial charge in [-0.05, 0) is 56.3 Å². The normalized spacial score (nSPS) is 18.5. The van der Waals surface area contributed by atoms with Gasteiger partial charge in [0.25, 0.3) is 0 Å². The molecule has 3 rings (SSSR count). The van der Waals surface area contributed by atoms with E-state index in [9.17, 15) is 4.39 Å². The number of benzene rings is 1. The maximum atomic E-state index is 13.1. The van der Waals surface area contributed by atoms with E-state index in [1.165, 1.54) is 18.6 Å². The zero-order valence-corrected chi connectivity index (χ0v) is 15.0. The van der Waals surface area contributed by atoms with Crippen LogP contribution in [0.2, 0.25) is 0 Å². The van der Waals surface area contributed by atoms with Crippen molar-refractivity contribution in [1.29, 1.82) is 0 Å². The molecule has 1 aliphatic heterocycles. The van der Waals surface area contributed by atoms with Crippen LogP contribution in [0.15, 0.2) is 24.3 Å². The van der Waals surface area contributed by atoms with Crippen LogP contribution in [-0.4, -0.2) is 39.9 Å². The second kappa shape index (κ2) is 8.62. The Kier molecular flexibility index (Phi) is 6.26. The highest BCUT2D eigenvalue weighted by atomic mass is 32.2. The molecule has 6 heteroatoms. The second-order valence-electron chi connectivity index (χ2n) is 6.29. The first-order valence-electron chi connectivity index (χ1n) is 8.64. The minimum absolute atomic E-state index is 0.201. The lowest BCUT2D eigenvalue weighted by Gasteiger charge is -2.14. The molecule has 1 atom stereocenters. The molecule has 0 aliphatic carbocycles. The fraction of sp³-hybridized carbons (Fsp3) is 0.556. The van der Waals surface area contributed by atoms with Crippen LogP contribution in [0, 0.1) is 5.82 Å². The monoisotopic (exact) mass is 348 g/mol. The van der Waals surface area contributed by atoms with Crippen molar-refractivity contribution in [1.82, 2.24) is 20.1 Å². The fourth-order valence-electron chi connectivity index (χ4n) is 3.16. The summed E-state index contributed by atoms with van der Waals surface area (Å²) in [6.07, 6.45) is 6.43. The molecule has 0 amide bonds. The lowest BCUT2D eigenvalue weighted by Crippen LogP contribution is -2.15. The van der Waals surface area contributed by atoms with Crippen LogP contribution in [0.3, 0.4) is 0 Å². The van der Waals surface area contributed by atoms with Crippen LogP contribution in [0.25, 0.3) is 0 Å². The number of hydrogen-bond acceptors (Lipinski definition) is 4. The Labute approximate surface area is 147 Å². The van der Waals surface area contributed by atoms with Gasteiger partial charge in [-0.2, -0.15) is 16.9 Å². The van der Waals surface area contributed by atoms with E-state index in [1.54, 1.807) is 0 Å². The van der Waals surface area contributed by atoms with Gasteiger partial charge in [0, 0.05) is 18.1 Å². The van der Waals surface area contributed by atoms with Gasteiger partial charge in [0.2, 0.25) is 0 Å². The number of aryl methyl sites for hydroxylation is 1. The highest BCUT2D eigenvalue weighted by Gasteiger charge is 2.21. The van der Waals surface area contributed by atoms with Crippen molar-refractivity contribution >= 4 is 11.8 Å². The van der Waals surface area contributed by atoms with Crippen molar-refractivity contribution < 1.29 is 4.39 Å². The van der Waals surface area contributed by atoms with E-state index < -0.39 is 0 Å². The average Bonchev–Trinajstić information content (AvgIpc) is 2.80. The zero-order valence-electron chi connectivity index (χ0n) is 14.2. The third-order valence-electron chi connectivity index (χ3n) is 4.46. The van der Waals surface area contributed by atoms with E-state index >= 15 is 0 Å². The summed E-state index contributed by atoms with van der Waals surface area (Å²) in [7, 11) is 0. The van der Waals surface area contributed by atoms with Gasteiger partial charge in [0.15, 0.2) is 5.82 Å². The van der Waals surface area contributed by atoms with Crippen molar-refractivity contribution in [2.45, 2.75) is 38.1 Å². The molecule has 1 saturated heterocycles. The Morgan fingerprint density at radius 2 is 2.08 bits per heavy atom. The van der Waals surface area contributed by atoms with Crippen LogP contribution in [0.1, 0.15) is 42.4 Å². The van der Waals surface area contributed by atoms with Crippen LogP contribution >= 0.6 is 11.8 Å².